The van der Waals surface area contributed by atoms with E-state index in [1.54, 1.807) is 6.26 Å². The summed E-state index contributed by atoms with van der Waals surface area (Å²) in [5.41, 5.74) is 6.04. The zero-order chi connectivity index (χ0) is 25.2. The van der Waals surface area contributed by atoms with Crippen LogP contribution in [0.2, 0.25) is 0 Å². The fourth-order valence-electron chi connectivity index (χ4n) is 5.33. The van der Waals surface area contributed by atoms with Gasteiger partial charge in [0.2, 0.25) is 0 Å². The Labute approximate surface area is 225 Å². The van der Waals surface area contributed by atoms with Gasteiger partial charge in [0, 0.05) is 49.3 Å². The summed E-state index contributed by atoms with van der Waals surface area (Å²) in [6.45, 7) is 3.59. The Hall–Kier alpha value is -3.61. The molecule has 0 radical (unpaired) electrons. The predicted molar refractivity (Wildman–Crippen MR) is 150 cm³/mol. The van der Waals surface area contributed by atoms with Gasteiger partial charge in [0.05, 0.1) is 17.8 Å². The SMILES string of the molecule is O=C(c1cc2occc2n1Cc1ccc(Br)cc1)N1CCN(C(c2ccccc2)c2ccccc2)CC1. The van der Waals surface area contributed by atoms with Crippen molar-refractivity contribution in [3.05, 3.63) is 130 Å². The number of hydrogen-bond donors (Lipinski definition) is 0. The van der Waals surface area contributed by atoms with Crippen LogP contribution in [0.3, 0.4) is 0 Å². The minimum Gasteiger partial charge on any atom is -0.463 e. The number of halogens is 1. The number of furan rings is 1. The second-order valence-electron chi connectivity index (χ2n) is 9.46. The third-order valence-electron chi connectivity index (χ3n) is 7.19. The average molecular weight is 554 g/mol. The summed E-state index contributed by atoms with van der Waals surface area (Å²) in [5, 5.41) is 0. The maximum atomic E-state index is 13.8. The third-order valence-corrected chi connectivity index (χ3v) is 7.72. The Morgan fingerprint density at radius 3 is 2.05 bits per heavy atom. The van der Waals surface area contributed by atoms with Gasteiger partial charge in [-0.3, -0.25) is 9.69 Å². The van der Waals surface area contributed by atoms with Crippen LogP contribution in [0.15, 0.2) is 112 Å². The predicted octanol–water partition coefficient (Wildman–Crippen LogP) is 6.59. The molecule has 1 amide bonds. The molecular formula is C31H28BrN3O2. The molecule has 1 aliphatic rings. The van der Waals surface area contributed by atoms with Crippen molar-refractivity contribution in [2.24, 2.45) is 0 Å². The fourth-order valence-corrected chi connectivity index (χ4v) is 5.59. The molecule has 5 nitrogen and oxygen atoms in total. The van der Waals surface area contributed by atoms with Crippen LogP contribution in [-0.2, 0) is 6.54 Å². The average Bonchev–Trinajstić information content (AvgIpc) is 3.54. The smallest absolute Gasteiger partial charge is 0.270 e. The number of fused-ring (bicyclic) bond motifs is 1. The van der Waals surface area contributed by atoms with E-state index in [0.717, 1.165) is 34.2 Å². The zero-order valence-corrected chi connectivity index (χ0v) is 22.0. The molecule has 0 spiro atoms. The molecule has 37 heavy (non-hydrogen) atoms. The fraction of sp³-hybridized carbons (Fsp3) is 0.194. The number of hydrogen-bond acceptors (Lipinski definition) is 3. The van der Waals surface area contributed by atoms with Gasteiger partial charge in [0.25, 0.3) is 5.91 Å². The van der Waals surface area contributed by atoms with E-state index in [9.17, 15) is 4.79 Å². The quantitative estimate of drug-likeness (QED) is 0.238. The lowest BCUT2D eigenvalue weighted by molar-refractivity contribution is 0.0588. The summed E-state index contributed by atoms with van der Waals surface area (Å²) >= 11 is 3.50. The van der Waals surface area contributed by atoms with E-state index >= 15 is 0 Å². The van der Waals surface area contributed by atoms with Crippen LogP contribution in [0.25, 0.3) is 11.1 Å². The Morgan fingerprint density at radius 2 is 1.43 bits per heavy atom. The van der Waals surface area contributed by atoms with Crippen LogP contribution in [0, 0.1) is 0 Å². The van der Waals surface area contributed by atoms with Gasteiger partial charge < -0.3 is 13.9 Å². The second kappa shape index (κ2) is 10.4. The molecule has 186 valence electrons. The van der Waals surface area contributed by atoms with Crippen molar-refractivity contribution < 1.29 is 9.21 Å². The molecule has 1 saturated heterocycles. The first-order valence-corrected chi connectivity index (χ1v) is 13.4. The van der Waals surface area contributed by atoms with E-state index in [0.29, 0.717) is 25.3 Å². The largest absolute Gasteiger partial charge is 0.463 e. The standard InChI is InChI=1S/C31H28BrN3O2/c32-26-13-11-23(12-14-26)22-35-27-15-20-37-29(27)21-28(35)31(36)34-18-16-33(17-19-34)30(24-7-3-1-4-8-24)25-9-5-2-6-10-25/h1-15,20-21,30H,16-19,22H2. The summed E-state index contributed by atoms with van der Waals surface area (Å²) in [4.78, 5) is 18.3. The Morgan fingerprint density at radius 1 is 0.811 bits per heavy atom. The van der Waals surface area contributed by atoms with Crippen molar-refractivity contribution in [3.63, 3.8) is 0 Å². The second-order valence-corrected chi connectivity index (χ2v) is 10.4. The molecule has 0 unspecified atom stereocenters. The van der Waals surface area contributed by atoms with Gasteiger partial charge in [-0.25, -0.2) is 0 Å². The normalized spacial score (nSPS) is 14.5. The molecule has 3 aromatic carbocycles. The van der Waals surface area contributed by atoms with Crippen molar-refractivity contribution in [2.45, 2.75) is 12.6 Å². The molecule has 0 aliphatic carbocycles. The summed E-state index contributed by atoms with van der Waals surface area (Å²) < 4.78 is 8.79. The van der Waals surface area contributed by atoms with Crippen LogP contribution in [-0.4, -0.2) is 46.5 Å². The van der Waals surface area contributed by atoms with Crippen LogP contribution in [0.5, 0.6) is 0 Å². The number of carbonyl (C=O) groups is 1. The first-order valence-electron chi connectivity index (χ1n) is 12.6. The minimum absolute atomic E-state index is 0.0548. The number of rotatable bonds is 6. The monoisotopic (exact) mass is 553 g/mol. The number of carbonyl (C=O) groups excluding carboxylic acids is 1. The van der Waals surface area contributed by atoms with Gasteiger partial charge >= 0.3 is 0 Å². The number of piperazine rings is 1. The maximum absolute atomic E-state index is 13.8. The van der Waals surface area contributed by atoms with Crippen LogP contribution < -0.4 is 0 Å². The molecule has 5 aromatic rings. The van der Waals surface area contributed by atoms with E-state index in [1.165, 1.54) is 11.1 Å². The number of amides is 1. The highest BCUT2D eigenvalue weighted by Gasteiger charge is 2.30. The van der Waals surface area contributed by atoms with Crippen LogP contribution in [0.1, 0.15) is 33.2 Å². The van der Waals surface area contributed by atoms with E-state index < -0.39 is 0 Å². The lowest BCUT2D eigenvalue weighted by Crippen LogP contribution is -2.50. The molecular weight excluding hydrogens is 526 g/mol. The van der Waals surface area contributed by atoms with E-state index in [2.05, 4.69) is 98.2 Å². The highest BCUT2D eigenvalue weighted by atomic mass is 79.9. The molecule has 0 N–H and O–H groups in total. The summed E-state index contributed by atoms with van der Waals surface area (Å²) in [6.07, 6.45) is 1.68. The van der Waals surface area contributed by atoms with Crippen molar-refractivity contribution in [2.75, 3.05) is 26.2 Å². The molecule has 6 rings (SSSR count). The minimum atomic E-state index is 0.0548. The first kappa shape index (κ1) is 23.8. The topological polar surface area (TPSA) is 41.6 Å². The maximum Gasteiger partial charge on any atom is 0.270 e. The van der Waals surface area contributed by atoms with Crippen LogP contribution in [0.4, 0.5) is 0 Å². The number of aromatic nitrogens is 1. The molecule has 6 heteroatoms. The first-order chi connectivity index (χ1) is 18.2. The molecule has 1 aliphatic heterocycles. The molecule has 0 atom stereocenters. The number of benzene rings is 3. The third kappa shape index (κ3) is 4.87. The molecule has 3 heterocycles. The van der Waals surface area contributed by atoms with Gasteiger partial charge in [-0.2, -0.15) is 0 Å². The van der Waals surface area contributed by atoms with Crippen molar-refractivity contribution >= 4 is 32.9 Å². The van der Waals surface area contributed by atoms with Gasteiger partial charge in [-0.1, -0.05) is 88.7 Å². The van der Waals surface area contributed by atoms with Gasteiger partial charge in [0.15, 0.2) is 5.58 Å². The molecule has 0 bridgehead atoms. The van der Waals surface area contributed by atoms with E-state index in [-0.39, 0.29) is 11.9 Å². The summed E-state index contributed by atoms with van der Waals surface area (Å²) in [7, 11) is 0. The summed E-state index contributed by atoms with van der Waals surface area (Å²) in [6, 6.07) is 33.5. The highest BCUT2D eigenvalue weighted by molar-refractivity contribution is 9.10. The Kier molecular flexibility index (Phi) is 6.68. The van der Waals surface area contributed by atoms with Gasteiger partial charge in [-0.05, 0) is 28.8 Å². The van der Waals surface area contributed by atoms with Crippen molar-refractivity contribution in [1.82, 2.24) is 14.4 Å². The van der Waals surface area contributed by atoms with Crippen molar-refractivity contribution in [3.8, 4) is 0 Å². The van der Waals surface area contributed by atoms with Gasteiger partial charge in [-0.15, -0.1) is 0 Å². The van der Waals surface area contributed by atoms with Gasteiger partial charge in [0.1, 0.15) is 5.69 Å². The molecule has 0 saturated carbocycles. The lowest BCUT2D eigenvalue weighted by Gasteiger charge is -2.39. The number of nitrogens with zero attached hydrogens (tertiary/aromatic N) is 3. The van der Waals surface area contributed by atoms with E-state index in [1.807, 2.05) is 29.2 Å². The molecule has 1 fully saturated rings. The van der Waals surface area contributed by atoms with E-state index in [4.69, 9.17) is 4.42 Å². The highest BCUT2D eigenvalue weighted by Crippen LogP contribution is 2.30. The van der Waals surface area contributed by atoms with Crippen LogP contribution >= 0.6 is 15.9 Å². The summed E-state index contributed by atoms with van der Waals surface area (Å²) in [5.74, 6) is 0.0548. The lowest BCUT2D eigenvalue weighted by atomic mass is 9.96. The molecule has 2 aromatic heterocycles. The Balaban J connectivity index is 1.23. The van der Waals surface area contributed by atoms with Crippen molar-refractivity contribution in [1.29, 1.82) is 0 Å². The zero-order valence-electron chi connectivity index (χ0n) is 20.5. The Bertz CT molecular complexity index is 1440.